The summed E-state index contributed by atoms with van der Waals surface area (Å²) in [4.78, 5) is 0. The summed E-state index contributed by atoms with van der Waals surface area (Å²) in [6, 6.07) is 8.80. The Morgan fingerprint density at radius 1 is 1.20 bits per heavy atom. The fourth-order valence-electron chi connectivity index (χ4n) is 3.93. The van der Waals surface area contributed by atoms with E-state index in [4.69, 9.17) is 14.2 Å². The van der Waals surface area contributed by atoms with Crippen LogP contribution in [0.5, 0.6) is 0 Å². The Morgan fingerprint density at radius 3 is 2.60 bits per heavy atom. The van der Waals surface area contributed by atoms with Crippen LogP contribution >= 0.6 is 0 Å². The van der Waals surface area contributed by atoms with Gasteiger partial charge in [0.2, 0.25) is 5.79 Å². The minimum absolute atomic E-state index is 0.0112. The Labute approximate surface area is 149 Å². The summed E-state index contributed by atoms with van der Waals surface area (Å²) in [5, 5.41) is 21.2. The third-order valence-corrected chi connectivity index (χ3v) is 5.44. The smallest absolute Gasteiger partial charge is 0.312 e. The maximum Gasteiger partial charge on any atom is 0.312 e. The second kappa shape index (κ2) is 7.33. The van der Waals surface area contributed by atoms with E-state index in [-0.39, 0.29) is 19.3 Å². The van der Waals surface area contributed by atoms with E-state index >= 15 is 0 Å². The molecule has 2 aliphatic rings. The van der Waals surface area contributed by atoms with Crippen LogP contribution in [0.3, 0.4) is 0 Å². The lowest BCUT2D eigenvalue weighted by Crippen LogP contribution is -2.43. The Morgan fingerprint density at radius 2 is 1.92 bits per heavy atom. The van der Waals surface area contributed by atoms with E-state index in [2.05, 4.69) is 20.8 Å². The molecule has 1 aliphatic heterocycles. The zero-order chi connectivity index (χ0) is 18.1. The van der Waals surface area contributed by atoms with Crippen molar-refractivity contribution in [2.45, 2.75) is 57.9 Å². The van der Waals surface area contributed by atoms with Crippen molar-refractivity contribution < 1.29 is 24.4 Å². The first-order chi connectivity index (χ1) is 11.8. The first-order valence-corrected chi connectivity index (χ1v) is 9.27. The van der Waals surface area contributed by atoms with E-state index in [1.54, 1.807) is 24.3 Å². The average molecular weight is 350 g/mol. The van der Waals surface area contributed by atoms with Gasteiger partial charge in [-0.2, -0.15) is 0 Å². The predicted octanol–water partition coefficient (Wildman–Crippen LogP) is 3.00. The second-order valence-electron chi connectivity index (χ2n) is 7.96. The number of rotatable bonds is 5. The average Bonchev–Trinajstić information content (AvgIpc) is 2.91. The monoisotopic (exact) mass is 350 g/mol. The van der Waals surface area contributed by atoms with Crippen molar-refractivity contribution in [3.05, 3.63) is 35.9 Å². The Hall–Kier alpha value is -0.980. The number of benzene rings is 1. The van der Waals surface area contributed by atoms with Crippen molar-refractivity contribution in [2.75, 3.05) is 13.2 Å². The van der Waals surface area contributed by atoms with E-state index in [0.29, 0.717) is 23.3 Å². The molecule has 0 spiro atoms. The van der Waals surface area contributed by atoms with Gasteiger partial charge in [0.1, 0.15) is 13.2 Å². The van der Waals surface area contributed by atoms with E-state index in [0.717, 1.165) is 12.8 Å². The maximum absolute atomic E-state index is 10.7. The van der Waals surface area contributed by atoms with E-state index in [1.807, 2.05) is 6.07 Å². The van der Waals surface area contributed by atoms with Crippen molar-refractivity contribution >= 4 is 0 Å². The minimum Gasteiger partial charge on any atom is -0.372 e. The van der Waals surface area contributed by atoms with Crippen LogP contribution in [-0.2, 0) is 20.2 Å². The molecule has 1 heterocycles. The molecule has 5 unspecified atom stereocenters. The highest BCUT2D eigenvalue weighted by Gasteiger charge is 2.51. The molecule has 2 N–H and O–H groups in total. The number of hydrogen-bond acceptors (Lipinski definition) is 5. The highest BCUT2D eigenvalue weighted by atomic mass is 16.9. The zero-order valence-electron chi connectivity index (χ0n) is 15.4. The highest BCUT2D eigenvalue weighted by molar-refractivity contribution is 5.18. The topological polar surface area (TPSA) is 68.2 Å². The first kappa shape index (κ1) is 18.8. The maximum atomic E-state index is 10.7. The van der Waals surface area contributed by atoms with E-state index in [9.17, 15) is 10.2 Å². The molecule has 3 rings (SSSR count). The van der Waals surface area contributed by atoms with Crippen LogP contribution in [0.25, 0.3) is 0 Å². The van der Waals surface area contributed by atoms with Crippen molar-refractivity contribution in [1.29, 1.82) is 0 Å². The van der Waals surface area contributed by atoms with Crippen molar-refractivity contribution in [3.63, 3.8) is 0 Å². The highest BCUT2D eigenvalue weighted by Crippen LogP contribution is 2.39. The number of hydrogen-bond donors (Lipinski definition) is 2. The summed E-state index contributed by atoms with van der Waals surface area (Å²) < 4.78 is 17.0. The zero-order valence-corrected chi connectivity index (χ0v) is 15.4. The van der Waals surface area contributed by atoms with Gasteiger partial charge in [-0.1, -0.05) is 57.5 Å². The van der Waals surface area contributed by atoms with Crippen LogP contribution in [0.4, 0.5) is 0 Å². The molecule has 1 saturated carbocycles. The lowest BCUT2D eigenvalue weighted by molar-refractivity contribution is -0.364. The second-order valence-corrected chi connectivity index (χ2v) is 7.96. The van der Waals surface area contributed by atoms with Crippen molar-refractivity contribution in [1.82, 2.24) is 0 Å². The Kier molecular flexibility index (Phi) is 5.51. The van der Waals surface area contributed by atoms with Gasteiger partial charge >= 0.3 is 5.97 Å². The molecule has 1 saturated heterocycles. The van der Waals surface area contributed by atoms with Crippen LogP contribution in [0.15, 0.2) is 30.3 Å². The van der Waals surface area contributed by atoms with Gasteiger partial charge in [-0.3, -0.25) is 4.74 Å². The third kappa shape index (κ3) is 4.23. The standard InChI is InChI=1S/C20H30O5/c1-14(2)17-10-9-15(3)11-18(17)23-12-19(21)13-24-20(22,25-19)16-7-5-4-6-8-16/h4-8,14-15,17-18,21-22H,9-13H2,1-3H3. The fourth-order valence-corrected chi connectivity index (χ4v) is 3.93. The third-order valence-electron chi connectivity index (χ3n) is 5.44. The fraction of sp³-hybridized carbons (Fsp3) is 0.700. The molecule has 5 nitrogen and oxygen atoms in total. The Balaban J connectivity index is 1.63. The molecule has 0 aromatic heterocycles. The molecule has 0 bridgehead atoms. The van der Waals surface area contributed by atoms with E-state index in [1.165, 1.54) is 6.42 Å². The van der Waals surface area contributed by atoms with E-state index < -0.39 is 11.8 Å². The molecule has 25 heavy (non-hydrogen) atoms. The van der Waals surface area contributed by atoms with Crippen LogP contribution < -0.4 is 0 Å². The first-order valence-electron chi connectivity index (χ1n) is 9.27. The van der Waals surface area contributed by atoms with Crippen LogP contribution in [0.1, 0.15) is 45.6 Å². The van der Waals surface area contributed by atoms with Gasteiger partial charge in [-0.05, 0) is 30.6 Å². The lowest BCUT2D eigenvalue weighted by atomic mass is 9.75. The molecule has 0 amide bonds. The van der Waals surface area contributed by atoms with Gasteiger partial charge in [0, 0.05) is 5.56 Å². The summed E-state index contributed by atoms with van der Waals surface area (Å²) in [6.07, 6.45) is 3.46. The van der Waals surface area contributed by atoms with Crippen molar-refractivity contribution in [2.24, 2.45) is 17.8 Å². The molecule has 1 aromatic carbocycles. The molecule has 5 heteroatoms. The normalized spacial score (nSPS) is 39.0. The molecule has 1 aromatic rings. The molecule has 1 aliphatic carbocycles. The Bertz CT molecular complexity index is 562. The summed E-state index contributed by atoms with van der Waals surface area (Å²) in [5.41, 5.74) is 0.456. The van der Waals surface area contributed by atoms with Crippen LogP contribution in [-0.4, -0.2) is 35.3 Å². The minimum atomic E-state index is -1.93. The molecule has 5 atom stereocenters. The number of aliphatic hydroxyl groups is 2. The van der Waals surface area contributed by atoms with Gasteiger partial charge in [0.05, 0.1) is 6.10 Å². The molecule has 0 radical (unpaired) electrons. The molecular weight excluding hydrogens is 320 g/mol. The molecule has 140 valence electrons. The lowest BCUT2D eigenvalue weighted by Gasteiger charge is -2.38. The van der Waals surface area contributed by atoms with Gasteiger partial charge in [0.15, 0.2) is 0 Å². The summed E-state index contributed by atoms with van der Waals surface area (Å²) in [7, 11) is 0. The van der Waals surface area contributed by atoms with Gasteiger partial charge in [-0.25, -0.2) is 0 Å². The summed E-state index contributed by atoms with van der Waals surface area (Å²) >= 11 is 0. The van der Waals surface area contributed by atoms with Gasteiger partial charge < -0.3 is 19.7 Å². The number of ether oxygens (including phenoxy) is 3. The van der Waals surface area contributed by atoms with Gasteiger partial charge in [0.25, 0.3) is 0 Å². The quantitative estimate of drug-likeness (QED) is 0.854. The van der Waals surface area contributed by atoms with Crippen LogP contribution in [0.2, 0.25) is 0 Å². The van der Waals surface area contributed by atoms with Gasteiger partial charge in [-0.15, -0.1) is 0 Å². The van der Waals surface area contributed by atoms with Crippen LogP contribution in [0, 0.1) is 17.8 Å². The molecular formula is C20H30O5. The molecule has 2 fully saturated rings. The SMILES string of the molecule is CC1CCC(C(C)C)C(OCC2(O)COC(O)(c3ccccc3)O2)C1. The predicted molar refractivity (Wildman–Crippen MR) is 93.4 cm³/mol. The summed E-state index contributed by atoms with van der Waals surface area (Å²) in [6.45, 7) is 6.53. The van der Waals surface area contributed by atoms with Crippen molar-refractivity contribution in [3.8, 4) is 0 Å². The summed E-state index contributed by atoms with van der Waals surface area (Å²) in [5.74, 6) is -1.94. The largest absolute Gasteiger partial charge is 0.372 e.